The Morgan fingerprint density at radius 2 is 1.95 bits per heavy atom. The van der Waals surface area contributed by atoms with Crippen LogP contribution in [0.3, 0.4) is 0 Å². The van der Waals surface area contributed by atoms with Gasteiger partial charge in [0.05, 0.1) is 11.7 Å². The van der Waals surface area contributed by atoms with E-state index in [9.17, 15) is 4.79 Å². The van der Waals surface area contributed by atoms with Gasteiger partial charge < -0.3 is 4.90 Å². The van der Waals surface area contributed by atoms with E-state index in [1.807, 2.05) is 31.3 Å². The first-order chi connectivity index (χ1) is 9.74. The predicted molar refractivity (Wildman–Crippen MR) is 81.9 cm³/mol. The van der Waals surface area contributed by atoms with Crippen molar-refractivity contribution in [2.75, 3.05) is 13.6 Å². The molecule has 0 N–H and O–H groups in total. The number of hydrogen-bond donors (Lipinski definition) is 0. The number of hydrogen-bond acceptors (Lipinski definition) is 2. The summed E-state index contributed by atoms with van der Waals surface area (Å²) in [6.45, 7) is 3.00. The Morgan fingerprint density at radius 1 is 1.20 bits per heavy atom. The number of aromatic nitrogens is 2. The van der Waals surface area contributed by atoms with E-state index in [2.05, 4.69) is 12.0 Å². The highest BCUT2D eigenvalue weighted by molar-refractivity contribution is 5.89. The zero-order chi connectivity index (χ0) is 14.4. The van der Waals surface area contributed by atoms with Gasteiger partial charge in [0.25, 0.3) is 0 Å². The third-order valence-electron chi connectivity index (χ3n) is 3.58. The Balaban J connectivity index is 1.93. The number of unbranched alkanes of at least 4 members (excludes halogenated alkanes) is 4. The highest BCUT2D eigenvalue weighted by Crippen LogP contribution is 2.13. The first kappa shape index (κ1) is 14.6. The van der Waals surface area contributed by atoms with Crippen LogP contribution < -0.4 is 0 Å². The van der Waals surface area contributed by atoms with Crippen LogP contribution in [0.5, 0.6) is 0 Å². The second-order valence-corrected chi connectivity index (χ2v) is 5.23. The fourth-order valence-corrected chi connectivity index (χ4v) is 2.33. The van der Waals surface area contributed by atoms with Crippen molar-refractivity contribution in [1.29, 1.82) is 0 Å². The van der Waals surface area contributed by atoms with Crippen LogP contribution >= 0.6 is 0 Å². The largest absolute Gasteiger partial charge is 0.344 e. The highest BCUT2D eigenvalue weighted by atomic mass is 16.2. The van der Waals surface area contributed by atoms with E-state index in [0.29, 0.717) is 0 Å². The summed E-state index contributed by atoms with van der Waals surface area (Å²) >= 11 is 0. The fourth-order valence-electron chi connectivity index (χ4n) is 2.33. The third-order valence-corrected chi connectivity index (χ3v) is 3.58. The summed E-state index contributed by atoms with van der Waals surface area (Å²) in [5.41, 5.74) is 0.871. The van der Waals surface area contributed by atoms with Gasteiger partial charge in [-0.2, -0.15) is 9.78 Å². The molecule has 0 atom stereocenters. The molecule has 0 unspecified atom stereocenters. The van der Waals surface area contributed by atoms with Crippen molar-refractivity contribution in [1.82, 2.24) is 14.7 Å². The Labute approximate surface area is 120 Å². The van der Waals surface area contributed by atoms with E-state index in [4.69, 9.17) is 0 Å². The highest BCUT2D eigenvalue weighted by Gasteiger charge is 2.14. The standard InChI is InChI=1S/C16H23N3O/c1-3-4-5-6-9-12-18(2)16(20)19-15-11-8-7-10-14(15)13-17-19/h7-8,10-11,13H,3-6,9,12H2,1-2H3. The summed E-state index contributed by atoms with van der Waals surface area (Å²) in [5.74, 6) is 0. The number of benzene rings is 1. The van der Waals surface area contributed by atoms with Gasteiger partial charge in [-0.05, 0) is 12.5 Å². The van der Waals surface area contributed by atoms with Gasteiger partial charge >= 0.3 is 6.03 Å². The maximum absolute atomic E-state index is 12.4. The monoisotopic (exact) mass is 273 g/mol. The van der Waals surface area contributed by atoms with Crippen molar-refractivity contribution >= 4 is 16.9 Å². The van der Waals surface area contributed by atoms with E-state index >= 15 is 0 Å². The van der Waals surface area contributed by atoms with E-state index in [1.165, 1.54) is 30.4 Å². The van der Waals surface area contributed by atoms with Crippen LogP contribution in [0, 0.1) is 0 Å². The average molecular weight is 273 g/mol. The van der Waals surface area contributed by atoms with Crippen LogP contribution in [-0.2, 0) is 0 Å². The molecule has 2 aromatic rings. The van der Waals surface area contributed by atoms with Gasteiger partial charge in [-0.1, -0.05) is 50.8 Å². The molecule has 0 fully saturated rings. The molecule has 1 aromatic carbocycles. The van der Waals surface area contributed by atoms with E-state index in [0.717, 1.165) is 23.9 Å². The molecule has 108 valence electrons. The minimum Gasteiger partial charge on any atom is -0.326 e. The minimum atomic E-state index is -0.0540. The lowest BCUT2D eigenvalue weighted by Gasteiger charge is -2.17. The molecule has 0 saturated heterocycles. The Kier molecular flexibility index (Phi) is 5.16. The maximum atomic E-state index is 12.4. The Hall–Kier alpha value is -1.84. The smallest absolute Gasteiger partial charge is 0.326 e. The Morgan fingerprint density at radius 3 is 2.75 bits per heavy atom. The van der Waals surface area contributed by atoms with Gasteiger partial charge in [0.2, 0.25) is 0 Å². The van der Waals surface area contributed by atoms with Gasteiger partial charge in [-0.25, -0.2) is 4.79 Å². The topological polar surface area (TPSA) is 38.1 Å². The van der Waals surface area contributed by atoms with Crippen LogP contribution in [0.15, 0.2) is 30.5 Å². The summed E-state index contributed by atoms with van der Waals surface area (Å²) in [7, 11) is 1.85. The van der Waals surface area contributed by atoms with Crippen LogP contribution in [0.4, 0.5) is 4.79 Å². The molecular weight excluding hydrogens is 250 g/mol. The van der Waals surface area contributed by atoms with Crippen molar-refractivity contribution in [3.05, 3.63) is 30.5 Å². The first-order valence-corrected chi connectivity index (χ1v) is 7.42. The molecular formula is C16H23N3O. The number of para-hydroxylation sites is 1. The first-order valence-electron chi connectivity index (χ1n) is 7.42. The molecule has 4 heteroatoms. The molecule has 4 nitrogen and oxygen atoms in total. The van der Waals surface area contributed by atoms with Crippen LogP contribution in [-0.4, -0.2) is 34.3 Å². The summed E-state index contributed by atoms with van der Waals surface area (Å²) in [6, 6.07) is 7.72. The van der Waals surface area contributed by atoms with Crippen molar-refractivity contribution in [2.24, 2.45) is 0 Å². The van der Waals surface area contributed by atoms with Crippen molar-refractivity contribution in [3.8, 4) is 0 Å². The summed E-state index contributed by atoms with van der Waals surface area (Å²) in [6.07, 6.45) is 7.76. The van der Waals surface area contributed by atoms with E-state index < -0.39 is 0 Å². The zero-order valence-electron chi connectivity index (χ0n) is 12.4. The van der Waals surface area contributed by atoms with E-state index in [1.54, 1.807) is 11.1 Å². The fraction of sp³-hybridized carbons (Fsp3) is 0.500. The van der Waals surface area contributed by atoms with Crippen LogP contribution in [0.25, 0.3) is 10.9 Å². The van der Waals surface area contributed by atoms with Gasteiger partial charge in [-0.3, -0.25) is 0 Å². The van der Waals surface area contributed by atoms with E-state index in [-0.39, 0.29) is 6.03 Å². The number of fused-ring (bicyclic) bond motifs is 1. The molecule has 1 amide bonds. The molecule has 0 spiro atoms. The van der Waals surface area contributed by atoms with Gasteiger partial charge in [-0.15, -0.1) is 0 Å². The average Bonchev–Trinajstić information content (AvgIpc) is 2.90. The number of carbonyl (C=O) groups is 1. The molecule has 2 rings (SSSR count). The molecule has 1 aromatic heterocycles. The number of rotatable bonds is 6. The Bertz CT molecular complexity index is 562. The lowest BCUT2D eigenvalue weighted by atomic mass is 10.1. The lowest BCUT2D eigenvalue weighted by Crippen LogP contribution is -2.32. The molecule has 0 aliphatic carbocycles. The molecule has 0 saturated carbocycles. The lowest BCUT2D eigenvalue weighted by molar-refractivity contribution is 0.207. The second kappa shape index (κ2) is 7.08. The summed E-state index contributed by atoms with van der Waals surface area (Å²) < 4.78 is 1.49. The normalized spacial score (nSPS) is 10.9. The third kappa shape index (κ3) is 3.38. The minimum absolute atomic E-state index is 0.0540. The molecule has 0 radical (unpaired) electrons. The second-order valence-electron chi connectivity index (χ2n) is 5.23. The molecule has 0 bridgehead atoms. The van der Waals surface area contributed by atoms with Crippen molar-refractivity contribution in [2.45, 2.75) is 39.0 Å². The molecule has 0 aliphatic rings. The molecule has 20 heavy (non-hydrogen) atoms. The molecule has 1 heterocycles. The van der Waals surface area contributed by atoms with Crippen LogP contribution in [0.1, 0.15) is 39.0 Å². The van der Waals surface area contributed by atoms with Crippen LogP contribution in [0.2, 0.25) is 0 Å². The quantitative estimate of drug-likeness (QED) is 0.748. The number of carbonyl (C=O) groups excluding carboxylic acids is 1. The van der Waals surface area contributed by atoms with Gasteiger partial charge in [0.1, 0.15) is 0 Å². The summed E-state index contributed by atoms with van der Waals surface area (Å²) in [4.78, 5) is 14.1. The van der Waals surface area contributed by atoms with Crippen molar-refractivity contribution in [3.63, 3.8) is 0 Å². The number of amides is 1. The maximum Gasteiger partial charge on any atom is 0.344 e. The SMILES string of the molecule is CCCCCCCN(C)C(=O)n1ncc2ccccc21. The zero-order valence-corrected chi connectivity index (χ0v) is 12.4. The van der Waals surface area contributed by atoms with Crippen molar-refractivity contribution < 1.29 is 4.79 Å². The predicted octanol–water partition coefficient (Wildman–Crippen LogP) is 3.91. The molecule has 0 aliphatic heterocycles. The van der Waals surface area contributed by atoms with Gasteiger partial charge in [0.15, 0.2) is 0 Å². The van der Waals surface area contributed by atoms with Gasteiger partial charge in [0, 0.05) is 19.0 Å². The summed E-state index contributed by atoms with van der Waals surface area (Å²) in [5, 5.41) is 5.20. The number of nitrogens with zero attached hydrogens (tertiary/aromatic N) is 3.